The summed E-state index contributed by atoms with van der Waals surface area (Å²) in [4.78, 5) is 38.5. The average Bonchev–Trinajstić information content (AvgIpc) is 3.07. The van der Waals surface area contributed by atoms with Gasteiger partial charge in [0, 0.05) is 13.6 Å². The maximum absolute atomic E-state index is 12.3. The molecule has 1 atom stereocenters. The smallest absolute Gasteiger partial charge is 0.323 e. The molecule has 1 aliphatic heterocycles. The highest BCUT2D eigenvalue weighted by molar-refractivity contribution is 7.12. The topological polar surface area (TPSA) is 77.9 Å². The number of carbonyl (C=O) groups is 3. The van der Waals surface area contributed by atoms with Gasteiger partial charge in [-0.15, -0.1) is 11.3 Å². The van der Waals surface area contributed by atoms with Crippen LogP contribution in [0.2, 0.25) is 0 Å². The summed E-state index contributed by atoms with van der Waals surface area (Å²) in [7, 11) is 1.45. The van der Waals surface area contributed by atoms with Crippen LogP contribution in [0.3, 0.4) is 0 Å². The molecule has 2 heterocycles. The molecular weight excluding hydrogens is 280 g/mol. The lowest BCUT2D eigenvalue weighted by Gasteiger charge is -2.26. The Labute approximate surface area is 120 Å². The molecule has 1 unspecified atom stereocenters. The zero-order valence-corrected chi connectivity index (χ0v) is 11.9. The number of carboxylic acids is 1. The number of likely N-dealkylation sites (tertiary alicyclic amines) is 1. The maximum atomic E-state index is 12.3. The number of likely N-dealkylation sites (N-methyl/N-ethyl adjacent to an activating group) is 1. The molecule has 1 saturated heterocycles. The van der Waals surface area contributed by atoms with Crippen molar-refractivity contribution in [3.05, 3.63) is 22.4 Å². The standard InChI is InChI=1S/C13H16N2O4S/c1-14(8-11(16)17)12(18)9-4-2-6-15(9)13(19)10-5-3-7-20-10/h3,5,7,9H,2,4,6,8H2,1H3,(H,16,17). The lowest BCUT2D eigenvalue weighted by atomic mass is 10.2. The predicted molar refractivity (Wildman–Crippen MR) is 73.7 cm³/mol. The van der Waals surface area contributed by atoms with Crippen LogP contribution in [-0.4, -0.2) is 58.9 Å². The van der Waals surface area contributed by atoms with Crippen molar-refractivity contribution in [2.75, 3.05) is 20.1 Å². The van der Waals surface area contributed by atoms with Crippen molar-refractivity contribution in [3.8, 4) is 0 Å². The first kappa shape index (κ1) is 14.5. The van der Waals surface area contributed by atoms with Crippen molar-refractivity contribution in [2.45, 2.75) is 18.9 Å². The van der Waals surface area contributed by atoms with E-state index in [1.165, 1.54) is 18.4 Å². The monoisotopic (exact) mass is 296 g/mol. The minimum absolute atomic E-state index is 0.153. The van der Waals surface area contributed by atoms with E-state index < -0.39 is 12.0 Å². The molecule has 1 aliphatic rings. The van der Waals surface area contributed by atoms with E-state index in [1.807, 2.05) is 5.38 Å². The predicted octanol–water partition coefficient (Wildman–Crippen LogP) is 0.896. The molecule has 2 amide bonds. The summed E-state index contributed by atoms with van der Waals surface area (Å²) in [6.45, 7) is 0.185. The van der Waals surface area contributed by atoms with E-state index in [1.54, 1.807) is 17.0 Å². The summed E-state index contributed by atoms with van der Waals surface area (Å²) in [5.74, 6) is -1.52. The van der Waals surface area contributed by atoms with E-state index in [9.17, 15) is 14.4 Å². The fraction of sp³-hybridized carbons (Fsp3) is 0.462. The zero-order valence-electron chi connectivity index (χ0n) is 11.1. The van der Waals surface area contributed by atoms with Crippen molar-refractivity contribution >= 4 is 29.1 Å². The molecule has 0 radical (unpaired) electrons. The summed E-state index contributed by atoms with van der Waals surface area (Å²) >= 11 is 1.34. The van der Waals surface area contributed by atoms with Gasteiger partial charge in [-0.25, -0.2) is 0 Å². The number of nitrogens with zero attached hydrogens (tertiary/aromatic N) is 2. The quantitative estimate of drug-likeness (QED) is 0.895. The van der Waals surface area contributed by atoms with Gasteiger partial charge in [-0.05, 0) is 24.3 Å². The van der Waals surface area contributed by atoms with Crippen LogP contribution < -0.4 is 0 Å². The minimum atomic E-state index is -1.06. The Morgan fingerprint density at radius 2 is 2.25 bits per heavy atom. The van der Waals surface area contributed by atoms with Crippen LogP contribution >= 0.6 is 11.3 Å². The molecule has 1 N–H and O–H groups in total. The van der Waals surface area contributed by atoms with Gasteiger partial charge in [-0.3, -0.25) is 14.4 Å². The molecule has 7 heteroatoms. The second-order valence-corrected chi connectivity index (χ2v) is 5.67. The number of carbonyl (C=O) groups excluding carboxylic acids is 2. The summed E-state index contributed by atoms with van der Waals surface area (Å²) in [6, 6.07) is 2.98. The molecule has 0 aromatic carbocycles. The molecule has 0 saturated carbocycles. The second-order valence-electron chi connectivity index (χ2n) is 4.72. The van der Waals surface area contributed by atoms with Crippen LogP contribution in [0.5, 0.6) is 0 Å². The van der Waals surface area contributed by atoms with Crippen LogP contribution in [-0.2, 0) is 9.59 Å². The van der Waals surface area contributed by atoms with Gasteiger partial charge < -0.3 is 14.9 Å². The van der Waals surface area contributed by atoms with Gasteiger partial charge in [0.15, 0.2) is 0 Å². The van der Waals surface area contributed by atoms with Gasteiger partial charge in [0.05, 0.1) is 4.88 Å². The Bertz CT molecular complexity index is 514. The van der Waals surface area contributed by atoms with E-state index >= 15 is 0 Å². The fourth-order valence-electron chi connectivity index (χ4n) is 2.34. The van der Waals surface area contributed by atoms with Gasteiger partial charge >= 0.3 is 5.97 Å². The number of amides is 2. The van der Waals surface area contributed by atoms with Crippen LogP contribution in [0.15, 0.2) is 17.5 Å². The van der Waals surface area contributed by atoms with E-state index in [2.05, 4.69) is 0 Å². The molecule has 1 fully saturated rings. The van der Waals surface area contributed by atoms with E-state index in [4.69, 9.17) is 5.11 Å². The minimum Gasteiger partial charge on any atom is -0.480 e. The van der Waals surface area contributed by atoms with Crippen LogP contribution in [0.4, 0.5) is 0 Å². The summed E-state index contributed by atoms with van der Waals surface area (Å²) in [5, 5.41) is 10.5. The zero-order chi connectivity index (χ0) is 14.7. The molecule has 0 aliphatic carbocycles. The van der Waals surface area contributed by atoms with Crippen molar-refractivity contribution in [1.82, 2.24) is 9.80 Å². The van der Waals surface area contributed by atoms with Crippen LogP contribution in [0.25, 0.3) is 0 Å². The number of hydrogen-bond acceptors (Lipinski definition) is 4. The van der Waals surface area contributed by atoms with E-state index in [-0.39, 0.29) is 18.4 Å². The fourth-order valence-corrected chi connectivity index (χ4v) is 3.02. The Morgan fingerprint density at radius 1 is 1.50 bits per heavy atom. The highest BCUT2D eigenvalue weighted by Gasteiger charge is 2.36. The molecule has 20 heavy (non-hydrogen) atoms. The largest absolute Gasteiger partial charge is 0.480 e. The summed E-state index contributed by atoms with van der Waals surface area (Å²) < 4.78 is 0. The number of thiophene rings is 1. The van der Waals surface area contributed by atoms with Gasteiger partial charge in [-0.2, -0.15) is 0 Å². The highest BCUT2D eigenvalue weighted by Crippen LogP contribution is 2.23. The van der Waals surface area contributed by atoms with Gasteiger partial charge in [-0.1, -0.05) is 6.07 Å². The highest BCUT2D eigenvalue weighted by atomic mass is 32.1. The van der Waals surface area contributed by atoms with E-state index in [0.29, 0.717) is 17.8 Å². The molecule has 108 valence electrons. The van der Waals surface area contributed by atoms with Gasteiger partial charge in [0.25, 0.3) is 5.91 Å². The second kappa shape index (κ2) is 6.04. The molecule has 0 spiro atoms. The molecular formula is C13H16N2O4S. The van der Waals surface area contributed by atoms with E-state index in [0.717, 1.165) is 11.3 Å². The van der Waals surface area contributed by atoms with Crippen molar-refractivity contribution < 1.29 is 19.5 Å². The first-order valence-corrected chi connectivity index (χ1v) is 7.20. The van der Waals surface area contributed by atoms with Crippen molar-refractivity contribution in [3.63, 3.8) is 0 Å². The third-order valence-corrected chi connectivity index (χ3v) is 4.14. The number of carboxylic acid groups (broad SMARTS) is 1. The van der Waals surface area contributed by atoms with Crippen molar-refractivity contribution in [2.24, 2.45) is 0 Å². The number of hydrogen-bond donors (Lipinski definition) is 1. The molecule has 1 aromatic rings. The SMILES string of the molecule is CN(CC(=O)O)C(=O)C1CCCN1C(=O)c1cccs1. The molecule has 1 aromatic heterocycles. The Balaban J connectivity index is 2.09. The first-order chi connectivity index (χ1) is 9.50. The maximum Gasteiger partial charge on any atom is 0.323 e. The molecule has 0 bridgehead atoms. The molecule has 6 nitrogen and oxygen atoms in total. The molecule has 2 rings (SSSR count). The Morgan fingerprint density at radius 3 is 2.85 bits per heavy atom. The van der Waals surface area contributed by atoms with Crippen LogP contribution in [0, 0.1) is 0 Å². The van der Waals surface area contributed by atoms with Crippen LogP contribution in [0.1, 0.15) is 22.5 Å². The van der Waals surface area contributed by atoms with Crippen molar-refractivity contribution in [1.29, 1.82) is 0 Å². The average molecular weight is 296 g/mol. The number of rotatable bonds is 4. The lowest BCUT2D eigenvalue weighted by Crippen LogP contribution is -2.47. The first-order valence-electron chi connectivity index (χ1n) is 6.32. The third kappa shape index (κ3) is 2.98. The normalized spacial score (nSPS) is 18.1. The van der Waals surface area contributed by atoms with Gasteiger partial charge in [0.1, 0.15) is 12.6 Å². The summed E-state index contributed by atoms with van der Waals surface area (Å²) in [6.07, 6.45) is 1.34. The van der Waals surface area contributed by atoms with Gasteiger partial charge in [0.2, 0.25) is 5.91 Å². The lowest BCUT2D eigenvalue weighted by molar-refractivity contribution is -0.145. The third-order valence-electron chi connectivity index (χ3n) is 3.28. The number of aliphatic carboxylic acids is 1. The Kier molecular flexibility index (Phi) is 4.39. The summed E-state index contributed by atoms with van der Waals surface area (Å²) in [5.41, 5.74) is 0. The Hall–Kier alpha value is -1.89.